The van der Waals surface area contributed by atoms with E-state index in [1.807, 2.05) is 26.0 Å². The van der Waals surface area contributed by atoms with E-state index in [1.54, 1.807) is 6.07 Å². The Morgan fingerprint density at radius 2 is 1.95 bits per heavy atom. The first-order valence-corrected chi connectivity index (χ1v) is 16.9. The molecule has 41 heavy (non-hydrogen) atoms. The molecule has 0 radical (unpaired) electrons. The van der Waals surface area contributed by atoms with Crippen LogP contribution >= 0.6 is 19.3 Å². The lowest BCUT2D eigenvalue weighted by atomic mass is 9.65. The average molecular weight is 608 g/mol. The van der Waals surface area contributed by atoms with Crippen LogP contribution in [0.3, 0.4) is 0 Å². The summed E-state index contributed by atoms with van der Waals surface area (Å²) in [4.78, 5) is 12.6. The highest BCUT2D eigenvalue weighted by molar-refractivity contribution is 7.52. The van der Waals surface area contributed by atoms with Crippen molar-refractivity contribution in [3.8, 4) is 5.75 Å². The molecule has 4 rings (SSSR count). The molecule has 0 amide bonds. The van der Waals surface area contributed by atoms with Gasteiger partial charge in [0.05, 0.1) is 18.8 Å². The number of hydrogen-bond donors (Lipinski definition) is 1. The van der Waals surface area contributed by atoms with Crippen LogP contribution in [0.1, 0.15) is 93.6 Å². The molecule has 0 saturated heterocycles. The number of carbonyl (C=O) groups is 1. The van der Waals surface area contributed by atoms with E-state index < -0.39 is 25.1 Å². The summed E-state index contributed by atoms with van der Waals surface area (Å²) in [6.45, 7) is 8.55. The van der Waals surface area contributed by atoms with Crippen molar-refractivity contribution in [1.29, 1.82) is 0 Å². The molecule has 0 bridgehead atoms. The quantitative estimate of drug-likeness (QED) is 0.139. The van der Waals surface area contributed by atoms with Crippen LogP contribution in [0.4, 0.5) is 4.39 Å². The summed E-state index contributed by atoms with van der Waals surface area (Å²) in [6.07, 6.45) is 8.25. The monoisotopic (exact) mass is 607 g/mol. The number of fused-ring (bicyclic) bond motifs is 1. The fraction of sp³-hybridized carbons (Fsp3) is 0.594. The van der Waals surface area contributed by atoms with Gasteiger partial charge in [0.1, 0.15) is 0 Å². The van der Waals surface area contributed by atoms with Gasteiger partial charge in [-0.15, -0.1) is 0 Å². The molecule has 6 nitrogen and oxygen atoms in total. The molecule has 226 valence electrons. The van der Waals surface area contributed by atoms with Crippen molar-refractivity contribution in [2.75, 3.05) is 13.2 Å². The Labute approximate surface area is 249 Å². The topological polar surface area (TPSA) is 73.9 Å². The number of carbonyl (C=O) groups excluding carboxylic acids is 1. The molecule has 3 unspecified atom stereocenters. The molecule has 0 heterocycles. The SMILES string of the molecule is CCC[C@]1(NP(=O)(OCCCOC(=O)c2ccc(C)c(CC)c2)Oc2ccc(Cl)cc2F)CC2CCCC2[C@@H](C)C1. The first-order chi connectivity index (χ1) is 19.6. The van der Waals surface area contributed by atoms with Crippen LogP contribution in [0.2, 0.25) is 5.02 Å². The van der Waals surface area contributed by atoms with E-state index >= 15 is 0 Å². The highest BCUT2D eigenvalue weighted by Gasteiger charge is 2.49. The molecule has 0 spiro atoms. The fourth-order valence-corrected chi connectivity index (χ4v) is 8.95. The van der Waals surface area contributed by atoms with Crippen LogP contribution in [0.15, 0.2) is 36.4 Å². The van der Waals surface area contributed by atoms with E-state index in [0.29, 0.717) is 29.7 Å². The van der Waals surface area contributed by atoms with Crippen molar-refractivity contribution in [3.63, 3.8) is 0 Å². The summed E-state index contributed by atoms with van der Waals surface area (Å²) < 4.78 is 46.3. The second-order valence-electron chi connectivity index (χ2n) is 11.9. The highest BCUT2D eigenvalue weighted by Crippen LogP contribution is 2.55. The van der Waals surface area contributed by atoms with E-state index in [0.717, 1.165) is 49.3 Å². The van der Waals surface area contributed by atoms with Crippen LogP contribution in [-0.4, -0.2) is 24.7 Å². The van der Waals surface area contributed by atoms with Crippen LogP contribution in [0, 0.1) is 30.5 Å². The number of halogens is 2. The first-order valence-electron chi connectivity index (χ1n) is 15.0. The van der Waals surface area contributed by atoms with Crippen molar-refractivity contribution < 1.29 is 27.5 Å². The summed E-state index contributed by atoms with van der Waals surface area (Å²) in [5.41, 5.74) is 2.30. The second-order valence-corrected chi connectivity index (χ2v) is 14.0. The molecule has 2 aliphatic rings. The summed E-state index contributed by atoms with van der Waals surface area (Å²) in [7, 11) is -4.02. The van der Waals surface area contributed by atoms with Gasteiger partial charge < -0.3 is 9.26 Å². The lowest BCUT2D eigenvalue weighted by molar-refractivity contribution is 0.0482. The fourth-order valence-electron chi connectivity index (χ4n) is 6.97. The summed E-state index contributed by atoms with van der Waals surface area (Å²) in [5.74, 6) is 0.424. The van der Waals surface area contributed by atoms with E-state index in [1.165, 1.54) is 31.4 Å². The van der Waals surface area contributed by atoms with Gasteiger partial charge in [-0.25, -0.2) is 18.8 Å². The molecule has 2 saturated carbocycles. The summed E-state index contributed by atoms with van der Waals surface area (Å²) in [5, 5.41) is 3.55. The van der Waals surface area contributed by atoms with Crippen molar-refractivity contribution in [1.82, 2.24) is 5.09 Å². The Morgan fingerprint density at radius 1 is 1.15 bits per heavy atom. The summed E-state index contributed by atoms with van der Waals surface area (Å²) in [6, 6.07) is 9.52. The van der Waals surface area contributed by atoms with Crippen molar-refractivity contribution in [2.24, 2.45) is 17.8 Å². The van der Waals surface area contributed by atoms with Crippen molar-refractivity contribution in [2.45, 2.75) is 91.0 Å². The van der Waals surface area contributed by atoms with Crippen molar-refractivity contribution in [3.05, 3.63) is 63.9 Å². The Morgan fingerprint density at radius 3 is 2.68 bits per heavy atom. The predicted octanol–water partition coefficient (Wildman–Crippen LogP) is 9.08. The van der Waals surface area contributed by atoms with Gasteiger partial charge in [-0.2, -0.15) is 0 Å². The molecule has 5 atom stereocenters. The van der Waals surface area contributed by atoms with E-state index in [4.69, 9.17) is 25.4 Å². The number of nitrogens with one attached hydrogen (secondary N) is 1. The van der Waals surface area contributed by atoms with E-state index in [-0.39, 0.29) is 24.0 Å². The Balaban J connectivity index is 1.45. The molecular formula is C32H44ClFNO5P. The van der Waals surface area contributed by atoms with E-state index in [9.17, 15) is 13.8 Å². The number of ether oxygens (including phenoxy) is 1. The lowest BCUT2D eigenvalue weighted by Gasteiger charge is -2.47. The highest BCUT2D eigenvalue weighted by atomic mass is 35.5. The van der Waals surface area contributed by atoms with Crippen LogP contribution < -0.4 is 9.61 Å². The average Bonchev–Trinajstić information content (AvgIpc) is 3.39. The van der Waals surface area contributed by atoms with Gasteiger partial charge in [0, 0.05) is 17.0 Å². The van der Waals surface area contributed by atoms with Gasteiger partial charge >= 0.3 is 13.7 Å². The third kappa shape index (κ3) is 8.13. The number of esters is 1. The third-order valence-electron chi connectivity index (χ3n) is 8.78. The molecule has 2 aromatic carbocycles. The predicted molar refractivity (Wildman–Crippen MR) is 161 cm³/mol. The molecule has 2 aliphatic carbocycles. The molecule has 0 aromatic heterocycles. The van der Waals surface area contributed by atoms with Gasteiger partial charge in [-0.1, -0.05) is 57.7 Å². The number of hydrogen-bond acceptors (Lipinski definition) is 5. The molecule has 0 aliphatic heterocycles. The zero-order valence-corrected chi connectivity index (χ0v) is 26.4. The van der Waals surface area contributed by atoms with Gasteiger partial charge in [0.2, 0.25) is 0 Å². The largest absolute Gasteiger partial charge is 0.462 e. The Bertz CT molecular complexity index is 1260. The molecular weight excluding hydrogens is 564 g/mol. The van der Waals surface area contributed by atoms with Crippen LogP contribution in [-0.2, 0) is 20.2 Å². The van der Waals surface area contributed by atoms with E-state index in [2.05, 4.69) is 18.9 Å². The van der Waals surface area contributed by atoms with Gasteiger partial charge in [0.25, 0.3) is 0 Å². The lowest BCUT2D eigenvalue weighted by Crippen LogP contribution is -2.51. The van der Waals surface area contributed by atoms with Gasteiger partial charge in [-0.05, 0) is 98.2 Å². The van der Waals surface area contributed by atoms with Gasteiger partial charge in [0.15, 0.2) is 11.6 Å². The third-order valence-corrected chi connectivity index (χ3v) is 10.7. The number of aryl methyl sites for hydroxylation is 2. The zero-order valence-electron chi connectivity index (χ0n) is 24.7. The standard InChI is InChI=1S/C32H44ClFNO5P/c1-5-15-32(20-23(4)28-10-7-9-26(28)21-32)35-41(37,40-30-14-13-27(33)19-29(30)34)39-17-8-16-38-31(36)25-12-11-22(3)24(6-2)18-25/h11-14,18-19,23,26,28H,5-10,15-17,20-21H2,1-4H3,(H,35,37)/t23-,26?,28?,32+,41?/m0/s1. The second kappa shape index (κ2) is 14.0. The minimum absolute atomic E-state index is 0.00465. The minimum atomic E-state index is -4.02. The number of benzene rings is 2. The Kier molecular flexibility index (Phi) is 11.0. The molecule has 1 N–H and O–H groups in total. The molecule has 2 aromatic rings. The van der Waals surface area contributed by atoms with Crippen molar-refractivity contribution >= 4 is 25.3 Å². The maximum absolute atomic E-state index is 14.7. The maximum atomic E-state index is 14.7. The summed E-state index contributed by atoms with van der Waals surface area (Å²) >= 11 is 5.93. The minimum Gasteiger partial charge on any atom is -0.462 e. The van der Waals surface area contributed by atoms with Crippen LogP contribution in [0.25, 0.3) is 0 Å². The smallest absolute Gasteiger partial charge is 0.459 e. The zero-order chi connectivity index (χ0) is 29.6. The molecule has 2 fully saturated rings. The maximum Gasteiger partial charge on any atom is 0.459 e. The van der Waals surface area contributed by atoms with Crippen LogP contribution in [0.5, 0.6) is 5.75 Å². The normalized spacial score (nSPS) is 25.4. The van der Waals surface area contributed by atoms with Gasteiger partial charge in [-0.3, -0.25) is 4.52 Å². The Hall–Kier alpha value is -1.92. The molecule has 9 heteroatoms. The first kappa shape index (κ1) is 32.0. The number of rotatable bonds is 13.